The Bertz CT molecular complexity index is 2720. The molecule has 0 saturated heterocycles. The fourth-order valence-electron chi connectivity index (χ4n) is 8.12. The molecule has 4 nitrogen and oxygen atoms in total. The van der Waals surface area contributed by atoms with E-state index in [1.54, 1.807) is 0 Å². The Labute approximate surface area is 343 Å². The van der Waals surface area contributed by atoms with Gasteiger partial charge in [0.1, 0.15) is 0 Å². The predicted octanol–water partition coefficient (Wildman–Crippen LogP) is 13.3. The average molecular weight is 904 g/mol. The molecule has 6 aromatic carbocycles. The molecule has 0 bridgehead atoms. The van der Waals surface area contributed by atoms with Crippen LogP contribution in [0.4, 0.5) is 17.1 Å². The standard InChI is InChI=1S/C49H34N4.C2H6.Pt/c1-49(2)43-19-5-3-17-39(43)41-31-42-40-18-4-6-22-47(40)53(48(42)32-44(41)49)36-25-23-35(24-26-36)52(37-15-11-13-33(29-37)45-20-7-9-27-50-45)38-16-12-14-34(30-38)46-21-8-10-28-51-46;1-2;/h3-28,31-32H,1-2H3;1-2H3;/q-2;;+2. The van der Waals surface area contributed by atoms with Gasteiger partial charge in [0.05, 0.1) is 11.0 Å². The van der Waals surface area contributed by atoms with Crippen molar-refractivity contribution in [1.29, 1.82) is 0 Å². The fourth-order valence-corrected chi connectivity index (χ4v) is 8.12. The van der Waals surface area contributed by atoms with Gasteiger partial charge in [0, 0.05) is 40.0 Å². The maximum Gasteiger partial charge on any atom is 2.00 e. The molecule has 3 heterocycles. The molecule has 0 spiro atoms. The van der Waals surface area contributed by atoms with Crippen LogP contribution in [-0.2, 0) is 26.5 Å². The number of pyridine rings is 2. The number of anilines is 3. The number of hydrogen-bond donors (Lipinski definition) is 0. The molecule has 0 unspecified atom stereocenters. The molecule has 0 saturated carbocycles. The molecule has 0 amide bonds. The van der Waals surface area contributed by atoms with Crippen molar-refractivity contribution in [2.24, 2.45) is 0 Å². The molecule has 0 atom stereocenters. The third-order valence-electron chi connectivity index (χ3n) is 10.7. The van der Waals surface area contributed by atoms with Gasteiger partial charge in [-0.25, -0.2) is 0 Å². The summed E-state index contributed by atoms with van der Waals surface area (Å²) in [5.74, 6) is 0. The largest absolute Gasteiger partial charge is 2.00 e. The van der Waals surface area contributed by atoms with E-state index in [0.717, 1.165) is 45.3 Å². The molecule has 274 valence electrons. The zero-order valence-electron chi connectivity index (χ0n) is 31.8. The zero-order valence-corrected chi connectivity index (χ0v) is 34.0. The van der Waals surface area contributed by atoms with Crippen molar-refractivity contribution in [3.63, 3.8) is 0 Å². The number of nitrogens with zero attached hydrogens (tertiary/aromatic N) is 4. The van der Waals surface area contributed by atoms with Gasteiger partial charge in [-0.3, -0.25) is 0 Å². The van der Waals surface area contributed by atoms with Gasteiger partial charge < -0.3 is 19.4 Å². The molecule has 0 aliphatic heterocycles. The van der Waals surface area contributed by atoms with Gasteiger partial charge >= 0.3 is 21.1 Å². The van der Waals surface area contributed by atoms with Gasteiger partial charge in [-0.2, -0.15) is 0 Å². The summed E-state index contributed by atoms with van der Waals surface area (Å²) in [5.41, 5.74) is 15.2. The van der Waals surface area contributed by atoms with Gasteiger partial charge in [-0.1, -0.05) is 94.4 Å². The van der Waals surface area contributed by atoms with Crippen LogP contribution in [0.2, 0.25) is 0 Å². The molecule has 9 aromatic rings. The van der Waals surface area contributed by atoms with E-state index in [2.05, 4.69) is 167 Å². The van der Waals surface area contributed by atoms with E-state index in [4.69, 9.17) is 0 Å². The SMILES string of the molecule is CC.CC1(C)c2ccccc2-c2cc3c4ccccc4n(-c4ccc(N(c5[c-]c(-c6ccccn6)ccc5)c5[c-]c(-c6ccccn6)ccc5)cc4)c3cc21.[Pt+2]. The van der Waals surface area contributed by atoms with Crippen LogP contribution in [0, 0.1) is 12.1 Å². The van der Waals surface area contributed by atoms with Crippen molar-refractivity contribution in [2.45, 2.75) is 33.1 Å². The zero-order chi connectivity index (χ0) is 37.5. The molecule has 1 aliphatic rings. The summed E-state index contributed by atoms with van der Waals surface area (Å²) >= 11 is 0. The van der Waals surface area contributed by atoms with Crippen molar-refractivity contribution >= 4 is 38.9 Å². The Morgan fingerprint density at radius 1 is 0.518 bits per heavy atom. The summed E-state index contributed by atoms with van der Waals surface area (Å²) in [4.78, 5) is 11.4. The van der Waals surface area contributed by atoms with E-state index in [-0.39, 0.29) is 26.5 Å². The maximum absolute atomic E-state index is 4.61. The summed E-state index contributed by atoms with van der Waals surface area (Å²) < 4.78 is 2.42. The van der Waals surface area contributed by atoms with Crippen LogP contribution in [0.25, 0.3) is 61.1 Å². The molecule has 56 heavy (non-hydrogen) atoms. The van der Waals surface area contributed by atoms with E-state index in [1.807, 2.05) is 62.6 Å². The van der Waals surface area contributed by atoms with Crippen molar-refractivity contribution in [3.8, 4) is 39.3 Å². The van der Waals surface area contributed by atoms with Gasteiger partial charge in [0.25, 0.3) is 0 Å². The first kappa shape index (κ1) is 36.9. The Balaban J connectivity index is 0.00000145. The topological polar surface area (TPSA) is 34.0 Å². The Morgan fingerprint density at radius 2 is 1.11 bits per heavy atom. The molecule has 5 heteroatoms. The second kappa shape index (κ2) is 15.2. The van der Waals surface area contributed by atoms with E-state index >= 15 is 0 Å². The summed E-state index contributed by atoms with van der Waals surface area (Å²) in [6, 6.07) is 63.0. The normalized spacial score (nSPS) is 12.3. The Hall–Kier alpha value is -6.09. The number of benzene rings is 6. The number of fused-ring (bicyclic) bond motifs is 6. The van der Waals surface area contributed by atoms with E-state index < -0.39 is 0 Å². The monoisotopic (exact) mass is 903 g/mol. The van der Waals surface area contributed by atoms with Crippen LogP contribution < -0.4 is 4.90 Å². The van der Waals surface area contributed by atoms with Gasteiger partial charge in [-0.05, 0) is 99.6 Å². The minimum Gasteiger partial charge on any atom is -0.346 e. The molecular weight excluding hydrogens is 864 g/mol. The fraction of sp³-hybridized carbons (Fsp3) is 0.0980. The first-order chi connectivity index (χ1) is 27.0. The third kappa shape index (κ3) is 6.25. The van der Waals surface area contributed by atoms with E-state index in [9.17, 15) is 0 Å². The van der Waals surface area contributed by atoms with E-state index in [1.165, 1.54) is 44.1 Å². The average Bonchev–Trinajstić information content (AvgIpc) is 3.70. The van der Waals surface area contributed by atoms with Gasteiger partial charge in [0.2, 0.25) is 0 Å². The number of hydrogen-bond acceptors (Lipinski definition) is 3. The molecule has 0 fully saturated rings. The second-order valence-corrected chi connectivity index (χ2v) is 14.1. The molecular formula is C51H40N4Pt. The van der Waals surface area contributed by atoms with Crippen LogP contribution in [0.15, 0.2) is 170 Å². The third-order valence-corrected chi connectivity index (χ3v) is 10.7. The summed E-state index contributed by atoms with van der Waals surface area (Å²) in [5, 5.41) is 2.51. The Kier molecular flexibility index (Phi) is 10.0. The first-order valence-electron chi connectivity index (χ1n) is 19.0. The van der Waals surface area contributed by atoms with Crippen LogP contribution >= 0.6 is 0 Å². The van der Waals surface area contributed by atoms with Gasteiger partial charge in [0.15, 0.2) is 0 Å². The van der Waals surface area contributed by atoms with Crippen molar-refractivity contribution in [2.75, 3.05) is 4.90 Å². The van der Waals surface area contributed by atoms with Crippen LogP contribution in [0.5, 0.6) is 0 Å². The van der Waals surface area contributed by atoms with E-state index in [0.29, 0.717) is 0 Å². The quantitative estimate of drug-likeness (QED) is 0.156. The number of para-hydroxylation sites is 1. The number of rotatable bonds is 6. The molecule has 1 aliphatic carbocycles. The molecule has 0 radical (unpaired) electrons. The molecule has 10 rings (SSSR count). The predicted molar refractivity (Wildman–Crippen MR) is 229 cm³/mol. The minimum atomic E-state index is -0.0909. The first-order valence-corrected chi connectivity index (χ1v) is 19.0. The van der Waals surface area contributed by atoms with Crippen molar-refractivity contribution < 1.29 is 21.1 Å². The number of aromatic nitrogens is 3. The maximum atomic E-state index is 4.61. The van der Waals surface area contributed by atoms with Crippen LogP contribution in [0.3, 0.4) is 0 Å². The minimum absolute atomic E-state index is 0. The summed E-state index contributed by atoms with van der Waals surface area (Å²) in [6.45, 7) is 8.69. The van der Waals surface area contributed by atoms with Crippen LogP contribution in [0.1, 0.15) is 38.8 Å². The molecule has 3 aromatic heterocycles. The molecule has 0 N–H and O–H groups in total. The summed E-state index contributed by atoms with van der Waals surface area (Å²) in [6.07, 6.45) is 3.64. The summed E-state index contributed by atoms with van der Waals surface area (Å²) in [7, 11) is 0. The van der Waals surface area contributed by atoms with Crippen molar-refractivity contribution in [1.82, 2.24) is 14.5 Å². The Morgan fingerprint density at radius 3 is 1.73 bits per heavy atom. The van der Waals surface area contributed by atoms with Crippen LogP contribution in [-0.4, -0.2) is 14.5 Å². The van der Waals surface area contributed by atoms with Crippen molar-refractivity contribution in [3.05, 3.63) is 193 Å². The smallest absolute Gasteiger partial charge is 0.346 e. The second-order valence-electron chi connectivity index (χ2n) is 14.1. The van der Waals surface area contributed by atoms with Gasteiger partial charge in [-0.15, -0.1) is 59.7 Å².